The number of methoxy groups -OCH3 is 3. The zero-order valence-corrected chi connectivity index (χ0v) is 14.6. The van der Waals surface area contributed by atoms with Crippen LogP contribution < -0.4 is 14.2 Å². The molecule has 0 bridgehead atoms. The van der Waals surface area contributed by atoms with Gasteiger partial charge in [-0.15, -0.1) is 0 Å². The van der Waals surface area contributed by atoms with Gasteiger partial charge in [-0.3, -0.25) is 4.79 Å². The number of carbonyl (C=O) groups is 2. The number of hydrogen-bond acceptors (Lipinski definition) is 6. The number of benzene rings is 1. The molecule has 1 aliphatic heterocycles. The number of imide groups is 1. The average molecular weight is 337 g/mol. The molecule has 1 fully saturated rings. The minimum atomic E-state index is -0.606. The van der Waals surface area contributed by atoms with E-state index in [0.717, 1.165) is 0 Å². The summed E-state index contributed by atoms with van der Waals surface area (Å²) in [6.45, 7) is 4.11. The number of cyclic esters (lactones) is 1. The number of rotatable bonds is 6. The van der Waals surface area contributed by atoms with Gasteiger partial charge in [0, 0.05) is 17.7 Å². The molecule has 1 aromatic rings. The number of ether oxygens (including phenoxy) is 4. The van der Waals surface area contributed by atoms with Crippen molar-refractivity contribution in [3.05, 3.63) is 17.7 Å². The summed E-state index contributed by atoms with van der Waals surface area (Å²) in [4.78, 5) is 25.8. The molecule has 1 heterocycles. The molecular weight excluding hydrogens is 314 g/mol. The fourth-order valence-electron chi connectivity index (χ4n) is 2.70. The molecule has 0 N–H and O–H groups in total. The third-order valence-electron chi connectivity index (χ3n) is 4.09. The molecule has 1 atom stereocenters. The molecule has 0 spiro atoms. The highest BCUT2D eigenvalue weighted by Crippen LogP contribution is 2.35. The second-order valence-electron chi connectivity index (χ2n) is 5.84. The Labute approximate surface area is 141 Å². The van der Waals surface area contributed by atoms with Crippen molar-refractivity contribution >= 4 is 12.0 Å². The molecule has 2 amide bonds. The predicted molar refractivity (Wildman–Crippen MR) is 86.6 cm³/mol. The molecular formula is C17H23NO6. The fraction of sp³-hybridized carbons (Fsp3) is 0.529. The summed E-state index contributed by atoms with van der Waals surface area (Å²) in [5.41, 5.74) is 0.563. The molecule has 1 saturated heterocycles. The third kappa shape index (κ3) is 3.39. The first-order valence-corrected chi connectivity index (χ1v) is 7.70. The van der Waals surface area contributed by atoms with Gasteiger partial charge in [0.25, 0.3) is 0 Å². The second kappa shape index (κ2) is 7.42. The first-order valence-electron chi connectivity index (χ1n) is 7.70. The van der Waals surface area contributed by atoms with Crippen LogP contribution in [-0.4, -0.2) is 50.9 Å². The Morgan fingerprint density at radius 2 is 1.79 bits per heavy atom. The van der Waals surface area contributed by atoms with Gasteiger partial charge in [-0.2, -0.15) is 0 Å². The van der Waals surface area contributed by atoms with E-state index in [9.17, 15) is 9.59 Å². The van der Waals surface area contributed by atoms with Crippen molar-refractivity contribution in [2.24, 2.45) is 5.92 Å². The summed E-state index contributed by atoms with van der Waals surface area (Å²) in [5, 5.41) is 0. The smallest absolute Gasteiger partial charge is 0.416 e. The first-order chi connectivity index (χ1) is 11.4. The molecule has 1 aliphatic rings. The van der Waals surface area contributed by atoms with Crippen LogP contribution >= 0.6 is 0 Å². The van der Waals surface area contributed by atoms with Crippen LogP contribution in [0.15, 0.2) is 12.1 Å². The van der Waals surface area contributed by atoms with Crippen molar-refractivity contribution < 1.29 is 28.5 Å². The van der Waals surface area contributed by atoms with E-state index in [1.807, 2.05) is 13.8 Å². The number of carbonyl (C=O) groups excluding carboxylic acids is 2. The highest BCUT2D eigenvalue weighted by atomic mass is 16.6. The molecule has 1 aromatic carbocycles. The standard InChI is InChI=1S/C17H23NO6/c1-10(2)13-9-24-17(20)18(13)16(19)8-12-14(22-4)6-11(21-3)7-15(12)23-5/h6-7,10,13H,8-9H2,1-5H3/t13-/m0/s1. The van der Waals surface area contributed by atoms with E-state index in [-0.39, 0.29) is 30.9 Å². The molecule has 7 nitrogen and oxygen atoms in total. The van der Waals surface area contributed by atoms with E-state index in [4.69, 9.17) is 18.9 Å². The molecule has 0 unspecified atom stereocenters. The van der Waals surface area contributed by atoms with Gasteiger partial charge in [-0.25, -0.2) is 9.69 Å². The Bertz CT molecular complexity index is 603. The summed E-state index contributed by atoms with van der Waals surface area (Å²) in [6, 6.07) is 3.08. The van der Waals surface area contributed by atoms with Gasteiger partial charge in [0.15, 0.2) is 0 Å². The number of nitrogens with zero attached hydrogens (tertiary/aromatic N) is 1. The van der Waals surface area contributed by atoms with E-state index in [1.165, 1.54) is 26.2 Å². The van der Waals surface area contributed by atoms with E-state index in [2.05, 4.69) is 0 Å². The summed E-state index contributed by atoms with van der Waals surface area (Å²) in [7, 11) is 4.54. The largest absolute Gasteiger partial charge is 0.496 e. The lowest BCUT2D eigenvalue weighted by atomic mass is 10.0. The maximum atomic E-state index is 12.7. The highest BCUT2D eigenvalue weighted by molar-refractivity contribution is 5.95. The molecule has 0 aromatic heterocycles. The van der Waals surface area contributed by atoms with Crippen molar-refractivity contribution in [3.63, 3.8) is 0 Å². The second-order valence-corrected chi connectivity index (χ2v) is 5.84. The summed E-state index contributed by atoms with van der Waals surface area (Å²) < 4.78 is 20.9. The third-order valence-corrected chi connectivity index (χ3v) is 4.09. The van der Waals surface area contributed by atoms with Gasteiger partial charge in [0.1, 0.15) is 23.9 Å². The van der Waals surface area contributed by atoms with Crippen molar-refractivity contribution in [2.45, 2.75) is 26.3 Å². The summed E-state index contributed by atoms with van der Waals surface area (Å²) in [5.74, 6) is 1.25. The Kier molecular flexibility index (Phi) is 5.54. The van der Waals surface area contributed by atoms with Crippen LogP contribution in [0.2, 0.25) is 0 Å². The maximum Gasteiger partial charge on any atom is 0.416 e. The molecule has 2 rings (SSSR count). The lowest BCUT2D eigenvalue weighted by molar-refractivity contribution is -0.129. The summed E-state index contributed by atoms with van der Waals surface area (Å²) in [6.07, 6.45) is -0.639. The average Bonchev–Trinajstić information content (AvgIpc) is 2.96. The lowest BCUT2D eigenvalue weighted by Gasteiger charge is -2.23. The van der Waals surface area contributed by atoms with Crippen molar-refractivity contribution in [1.82, 2.24) is 4.90 Å². The van der Waals surface area contributed by atoms with Crippen LogP contribution in [0.3, 0.4) is 0 Å². The predicted octanol–water partition coefficient (Wildman–Crippen LogP) is 2.26. The molecule has 24 heavy (non-hydrogen) atoms. The van der Waals surface area contributed by atoms with Gasteiger partial charge in [-0.05, 0) is 5.92 Å². The van der Waals surface area contributed by atoms with E-state index < -0.39 is 6.09 Å². The maximum absolute atomic E-state index is 12.7. The molecule has 7 heteroatoms. The SMILES string of the molecule is COc1cc(OC)c(CC(=O)N2C(=O)OC[C@H]2C(C)C)c(OC)c1. The Morgan fingerprint density at radius 3 is 2.25 bits per heavy atom. The Morgan fingerprint density at radius 1 is 1.21 bits per heavy atom. The topological polar surface area (TPSA) is 74.3 Å². The Balaban J connectivity index is 2.32. The monoisotopic (exact) mass is 337 g/mol. The normalized spacial score (nSPS) is 17.0. The van der Waals surface area contributed by atoms with E-state index >= 15 is 0 Å². The quantitative estimate of drug-likeness (QED) is 0.793. The zero-order valence-electron chi connectivity index (χ0n) is 14.6. The molecule has 0 saturated carbocycles. The van der Waals surface area contributed by atoms with E-state index in [0.29, 0.717) is 22.8 Å². The highest BCUT2D eigenvalue weighted by Gasteiger charge is 2.39. The van der Waals surface area contributed by atoms with Crippen LogP contribution in [0.4, 0.5) is 4.79 Å². The van der Waals surface area contributed by atoms with Crippen LogP contribution in [0.1, 0.15) is 19.4 Å². The fourth-order valence-corrected chi connectivity index (χ4v) is 2.70. The van der Waals surface area contributed by atoms with Crippen LogP contribution in [-0.2, 0) is 16.0 Å². The molecule has 0 radical (unpaired) electrons. The number of hydrogen-bond donors (Lipinski definition) is 0. The zero-order chi connectivity index (χ0) is 17.9. The van der Waals surface area contributed by atoms with Gasteiger partial charge < -0.3 is 18.9 Å². The number of amides is 2. The van der Waals surface area contributed by atoms with Crippen molar-refractivity contribution in [2.75, 3.05) is 27.9 Å². The Hall–Kier alpha value is -2.44. The van der Waals surface area contributed by atoms with Gasteiger partial charge in [-0.1, -0.05) is 13.8 Å². The lowest BCUT2D eigenvalue weighted by Crippen LogP contribution is -2.42. The van der Waals surface area contributed by atoms with Gasteiger partial charge >= 0.3 is 6.09 Å². The molecule has 132 valence electrons. The summed E-state index contributed by atoms with van der Waals surface area (Å²) >= 11 is 0. The van der Waals surface area contributed by atoms with Crippen LogP contribution in [0, 0.1) is 5.92 Å². The minimum Gasteiger partial charge on any atom is -0.496 e. The van der Waals surface area contributed by atoms with Crippen molar-refractivity contribution in [1.29, 1.82) is 0 Å². The molecule has 0 aliphatic carbocycles. The first kappa shape index (κ1) is 17.9. The van der Waals surface area contributed by atoms with Crippen LogP contribution in [0.25, 0.3) is 0 Å². The van der Waals surface area contributed by atoms with Gasteiger partial charge in [0.05, 0.1) is 33.8 Å². The van der Waals surface area contributed by atoms with E-state index in [1.54, 1.807) is 12.1 Å². The van der Waals surface area contributed by atoms with Crippen LogP contribution in [0.5, 0.6) is 17.2 Å². The van der Waals surface area contributed by atoms with Crippen molar-refractivity contribution in [3.8, 4) is 17.2 Å². The van der Waals surface area contributed by atoms with Gasteiger partial charge in [0.2, 0.25) is 5.91 Å². The minimum absolute atomic E-state index is 0.0331.